The molecule has 2 rings (SSSR count). The quantitative estimate of drug-likeness (QED) is 0.693. The first-order chi connectivity index (χ1) is 6.59. The Hall–Kier alpha value is -2.04. The van der Waals surface area contributed by atoms with Crippen LogP contribution in [0.4, 0.5) is 0 Å². The Morgan fingerprint density at radius 3 is 2.86 bits per heavy atom. The van der Waals surface area contributed by atoms with Crippen molar-refractivity contribution in [3.05, 3.63) is 34.1 Å². The molecular weight excluding hydrogens is 184 g/mol. The van der Waals surface area contributed by atoms with Crippen LogP contribution >= 0.6 is 0 Å². The van der Waals surface area contributed by atoms with Gasteiger partial charge < -0.3 is 5.11 Å². The monoisotopic (exact) mass is 192 g/mol. The van der Waals surface area contributed by atoms with E-state index in [0.717, 1.165) is 0 Å². The molecule has 0 saturated heterocycles. The first-order valence-corrected chi connectivity index (χ1v) is 4.01. The number of benzene rings is 1. The van der Waals surface area contributed by atoms with E-state index in [1.165, 1.54) is 22.9 Å². The summed E-state index contributed by atoms with van der Waals surface area (Å²) in [6, 6.07) is 4.37. The maximum atomic E-state index is 11.4. The lowest BCUT2D eigenvalue weighted by Gasteiger charge is -1.92. The lowest BCUT2D eigenvalue weighted by Crippen LogP contribution is -2.11. The maximum Gasteiger partial charge on any atom is 0.335 e. The van der Waals surface area contributed by atoms with Crippen LogP contribution in [0.2, 0.25) is 0 Å². The molecular formula is C9H8N2O3. The molecule has 0 atom stereocenters. The minimum absolute atomic E-state index is 0.156. The summed E-state index contributed by atoms with van der Waals surface area (Å²) in [6.45, 7) is 0. The number of H-pyrrole nitrogens is 1. The van der Waals surface area contributed by atoms with Gasteiger partial charge in [0.05, 0.1) is 16.5 Å². The van der Waals surface area contributed by atoms with Gasteiger partial charge >= 0.3 is 5.97 Å². The van der Waals surface area contributed by atoms with Crippen LogP contribution in [-0.4, -0.2) is 20.9 Å². The number of carboxylic acids is 1. The highest BCUT2D eigenvalue weighted by Crippen LogP contribution is 2.10. The fraction of sp³-hybridized carbons (Fsp3) is 0.111. The van der Waals surface area contributed by atoms with Crippen molar-refractivity contribution in [2.45, 2.75) is 0 Å². The van der Waals surface area contributed by atoms with E-state index >= 15 is 0 Å². The van der Waals surface area contributed by atoms with E-state index < -0.39 is 5.97 Å². The summed E-state index contributed by atoms with van der Waals surface area (Å²) in [7, 11) is 1.59. The van der Waals surface area contributed by atoms with Gasteiger partial charge in [0.2, 0.25) is 0 Å². The van der Waals surface area contributed by atoms with Gasteiger partial charge in [-0.15, -0.1) is 0 Å². The molecule has 0 aliphatic rings. The predicted octanol–water partition coefficient (Wildman–Crippen LogP) is 0.565. The third-order valence-corrected chi connectivity index (χ3v) is 2.09. The summed E-state index contributed by atoms with van der Waals surface area (Å²) < 4.78 is 1.32. The molecule has 2 N–H and O–H groups in total. The van der Waals surface area contributed by atoms with Crippen LogP contribution in [0.15, 0.2) is 23.0 Å². The molecule has 0 unspecified atom stereocenters. The highest BCUT2D eigenvalue weighted by atomic mass is 16.4. The van der Waals surface area contributed by atoms with Crippen LogP contribution in [0.1, 0.15) is 10.4 Å². The number of hydrogen-bond acceptors (Lipinski definition) is 2. The summed E-state index contributed by atoms with van der Waals surface area (Å²) in [5.74, 6) is -1.00. The molecule has 5 heteroatoms. The second-order valence-corrected chi connectivity index (χ2v) is 3.04. The standard InChI is InChI=1S/C9H8N2O3/c1-11-8(12)6-3-2-5(9(13)14)4-7(6)10-11/h2-4,10H,1H3,(H,13,14). The number of aromatic amines is 1. The Morgan fingerprint density at radius 1 is 1.50 bits per heavy atom. The number of nitrogens with one attached hydrogen (secondary N) is 1. The van der Waals surface area contributed by atoms with Crippen LogP contribution < -0.4 is 5.56 Å². The molecule has 0 bridgehead atoms. The summed E-state index contributed by atoms with van der Waals surface area (Å²) in [5, 5.41) is 12.0. The van der Waals surface area contributed by atoms with Crippen LogP contribution in [0, 0.1) is 0 Å². The van der Waals surface area contributed by atoms with Crippen molar-refractivity contribution in [3.63, 3.8) is 0 Å². The summed E-state index contributed by atoms with van der Waals surface area (Å²) >= 11 is 0. The number of aromatic carboxylic acids is 1. The van der Waals surface area contributed by atoms with Gasteiger partial charge in [0.15, 0.2) is 0 Å². The van der Waals surface area contributed by atoms with Gasteiger partial charge in [0.25, 0.3) is 5.56 Å². The second-order valence-electron chi connectivity index (χ2n) is 3.04. The fourth-order valence-corrected chi connectivity index (χ4v) is 1.37. The van der Waals surface area contributed by atoms with Crippen molar-refractivity contribution in [1.29, 1.82) is 0 Å². The molecule has 5 nitrogen and oxygen atoms in total. The first-order valence-electron chi connectivity index (χ1n) is 4.01. The second kappa shape index (κ2) is 2.73. The molecule has 1 aromatic heterocycles. The summed E-state index contributed by atoms with van der Waals surface area (Å²) in [6.07, 6.45) is 0. The zero-order valence-electron chi connectivity index (χ0n) is 7.44. The Labute approximate surface area is 78.6 Å². The minimum Gasteiger partial charge on any atom is -0.478 e. The van der Waals surface area contributed by atoms with E-state index in [-0.39, 0.29) is 11.1 Å². The number of carboxylic acid groups (broad SMARTS) is 1. The van der Waals surface area contributed by atoms with Gasteiger partial charge in [-0.3, -0.25) is 14.6 Å². The number of aromatic nitrogens is 2. The molecule has 72 valence electrons. The van der Waals surface area contributed by atoms with E-state index in [1.54, 1.807) is 7.05 Å². The van der Waals surface area contributed by atoms with Crippen LogP contribution in [0.25, 0.3) is 10.9 Å². The van der Waals surface area contributed by atoms with Crippen molar-refractivity contribution in [1.82, 2.24) is 9.78 Å². The smallest absolute Gasteiger partial charge is 0.335 e. The minimum atomic E-state index is -1.00. The average Bonchev–Trinajstić information content (AvgIpc) is 2.42. The Morgan fingerprint density at radius 2 is 2.21 bits per heavy atom. The van der Waals surface area contributed by atoms with Crippen molar-refractivity contribution in [2.24, 2.45) is 7.05 Å². The topological polar surface area (TPSA) is 75.1 Å². The lowest BCUT2D eigenvalue weighted by molar-refractivity contribution is 0.0697. The first kappa shape index (κ1) is 8.55. The number of hydrogen-bond donors (Lipinski definition) is 2. The van der Waals surface area contributed by atoms with Crippen LogP contribution in [0.5, 0.6) is 0 Å². The average molecular weight is 192 g/mol. The third kappa shape index (κ3) is 1.10. The van der Waals surface area contributed by atoms with Gasteiger partial charge in [-0.25, -0.2) is 4.79 Å². The lowest BCUT2D eigenvalue weighted by atomic mass is 10.2. The predicted molar refractivity (Wildman–Crippen MR) is 50.5 cm³/mol. The molecule has 0 aliphatic heterocycles. The highest BCUT2D eigenvalue weighted by Gasteiger charge is 2.07. The molecule has 0 spiro atoms. The maximum absolute atomic E-state index is 11.4. The number of carbonyl (C=O) groups is 1. The summed E-state index contributed by atoms with van der Waals surface area (Å²) in [4.78, 5) is 22.0. The zero-order valence-corrected chi connectivity index (χ0v) is 7.44. The van der Waals surface area contributed by atoms with E-state index in [2.05, 4.69) is 5.10 Å². The number of fused-ring (bicyclic) bond motifs is 1. The van der Waals surface area contributed by atoms with E-state index in [0.29, 0.717) is 10.9 Å². The fourth-order valence-electron chi connectivity index (χ4n) is 1.37. The van der Waals surface area contributed by atoms with Crippen molar-refractivity contribution < 1.29 is 9.90 Å². The Kier molecular flexibility index (Phi) is 1.67. The largest absolute Gasteiger partial charge is 0.478 e. The molecule has 0 amide bonds. The highest BCUT2D eigenvalue weighted by molar-refractivity contribution is 5.92. The van der Waals surface area contributed by atoms with Gasteiger partial charge in [-0.2, -0.15) is 0 Å². The van der Waals surface area contributed by atoms with Gasteiger partial charge in [0, 0.05) is 7.05 Å². The molecule has 1 heterocycles. The molecule has 0 radical (unpaired) electrons. The SMILES string of the molecule is Cn1[nH]c2cc(C(=O)O)ccc2c1=O. The molecule has 0 saturated carbocycles. The van der Waals surface area contributed by atoms with Gasteiger partial charge in [0.1, 0.15) is 0 Å². The van der Waals surface area contributed by atoms with Crippen molar-refractivity contribution in [3.8, 4) is 0 Å². The van der Waals surface area contributed by atoms with Crippen molar-refractivity contribution in [2.75, 3.05) is 0 Å². The van der Waals surface area contributed by atoms with Gasteiger partial charge in [-0.1, -0.05) is 0 Å². The zero-order chi connectivity index (χ0) is 10.3. The molecule has 0 fully saturated rings. The van der Waals surface area contributed by atoms with Crippen molar-refractivity contribution >= 4 is 16.9 Å². The molecule has 0 aliphatic carbocycles. The van der Waals surface area contributed by atoms with Crippen LogP contribution in [-0.2, 0) is 7.05 Å². The number of rotatable bonds is 1. The van der Waals surface area contributed by atoms with Gasteiger partial charge in [-0.05, 0) is 18.2 Å². The normalized spacial score (nSPS) is 10.6. The van der Waals surface area contributed by atoms with E-state index in [4.69, 9.17) is 5.11 Å². The molecule has 14 heavy (non-hydrogen) atoms. The Balaban J connectivity index is 2.80. The number of nitrogens with zero attached hydrogens (tertiary/aromatic N) is 1. The van der Waals surface area contributed by atoms with E-state index in [9.17, 15) is 9.59 Å². The third-order valence-electron chi connectivity index (χ3n) is 2.09. The van der Waals surface area contributed by atoms with E-state index in [1.807, 2.05) is 0 Å². The Bertz CT molecular complexity index is 565. The molecule has 2 aromatic rings. The van der Waals surface area contributed by atoms with Crippen LogP contribution in [0.3, 0.4) is 0 Å². The number of aryl methyl sites for hydroxylation is 1. The molecule has 1 aromatic carbocycles. The summed E-state index contributed by atoms with van der Waals surface area (Å²) in [5.41, 5.74) is 0.550.